The van der Waals surface area contributed by atoms with E-state index in [0.717, 1.165) is 43.6 Å². The first-order chi connectivity index (χ1) is 20.8. The highest BCUT2D eigenvalue weighted by Gasteiger charge is 2.41. The first-order valence-electron chi connectivity index (χ1n) is 15.0. The highest BCUT2D eigenvalue weighted by molar-refractivity contribution is 6.00. The number of anilines is 1. The fraction of sp³-hybridized carbons (Fsp3) is 0.314. The number of carbonyl (C=O) groups excluding carboxylic acids is 3. The Bertz CT molecular complexity index is 1630. The Hall–Kier alpha value is -3.56. The number of hydrogen-bond acceptors (Lipinski definition) is 5. The molecule has 0 saturated carbocycles. The van der Waals surface area contributed by atoms with Crippen molar-refractivity contribution >= 4 is 73.0 Å². The monoisotopic (exact) mass is 721 g/mol. The second kappa shape index (κ2) is 18.1. The summed E-state index contributed by atoms with van der Waals surface area (Å²) in [5.41, 5.74) is 11.0. The first kappa shape index (κ1) is 41.5. The fourth-order valence-electron chi connectivity index (χ4n) is 6.33. The number of hydrogen-bond donors (Lipinski definition) is 3. The van der Waals surface area contributed by atoms with Gasteiger partial charge in [0.05, 0.1) is 17.2 Å². The van der Waals surface area contributed by atoms with Gasteiger partial charge in [-0.2, -0.15) is 0 Å². The van der Waals surface area contributed by atoms with Gasteiger partial charge >= 0.3 is 0 Å². The van der Waals surface area contributed by atoms with Crippen LogP contribution in [0.2, 0.25) is 0 Å². The van der Waals surface area contributed by atoms with Gasteiger partial charge in [-0.3, -0.25) is 19.4 Å². The topological polar surface area (TPSA) is 117 Å². The zero-order valence-corrected chi connectivity index (χ0v) is 29.9. The van der Waals surface area contributed by atoms with Crippen molar-refractivity contribution in [1.29, 1.82) is 0 Å². The van der Waals surface area contributed by atoms with Gasteiger partial charge < -0.3 is 21.3 Å². The summed E-state index contributed by atoms with van der Waals surface area (Å²) in [6, 6.07) is 17.6. The number of likely N-dealkylation sites (N-methyl/N-ethyl adjacent to an activating group) is 1. The van der Waals surface area contributed by atoms with E-state index in [1.807, 2.05) is 30.3 Å². The summed E-state index contributed by atoms with van der Waals surface area (Å²) < 4.78 is 0. The van der Waals surface area contributed by atoms with Crippen LogP contribution < -0.4 is 21.3 Å². The summed E-state index contributed by atoms with van der Waals surface area (Å²) in [5.74, 6) is -1.02. The number of benzene rings is 2. The number of nitrogens with two attached hydrogens (primary N) is 1. The number of halogens is 4. The van der Waals surface area contributed by atoms with E-state index in [9.17, 15) is 14.4 Å². The summed E-state index contributed by atoms with van der Waals surface area (Å²) >= 11 is 0. The summed E-state index contributed by atoms with van der Waals surface area (Å²) in [6.45, 7) is 5.74. The van der Waals surface area contributed by atoms with Crippen LogP contribution in [0.5, 0.6) is 0 Å². The molecule has 12 heteroatoms. The number of carbonyl (C=O) groups is 3. The summed E-state index contributed by atoms with van der Waals surface area (Å²) in [6.07, 6.45) is 9.81. The van der Waals surface area contributed by atoms with Gasteiger partial charge in [0, 0.05) is 48.7 Å². The molecular formula is C35H43Cl4N5O3. The number of pyridine rings is 1. The van der Waals surface area contributed by atoms with Crippen LogP contribution in [0, 0.1) is 0 Å². The van der Waals surface area contributed by atoms with Crippen molar-refractivity contribution in [2.75, 3.05) is 25.0 Å². The molecule has 3 aromatic rings. The molecule has 0 spiro atoms. The van der Waals surface area contributed by atoms with Gasteiger partial charge in [-0.1, -0.05) is 48.6 Å². The average molecular weight is 724 g/mol. The minimum Gasteiger partial charge on any atom is -0.372 e. The first-order valence-corrected chi connectivity index (χ1v) is 15.0. The lowest BCUT2D eigenvalue weighted by molar-refractivity contribution is -0.122. The lowest BCUT2D eigenvalue weighted by Gasteiger charge is -2.33. The van der Waals surface area contributed by atoms with Crippen molar-refractivity contribution in [2.45, 2.75) is 51.0 Å². The van der Waals surface area contributed by atoms with Crippen molar-refractivity contribution < 1.29 is 14.4 Å². The number of allylic oxidation sites excluding steroid dienone is 2. The lowest BCUT2D eigenvalue weighted by Crippen LogP contribution is -2.43. The van der Waals surface area contributed by atoms with E-state index in [4.69, 9.17) is 5.73 Å². The number of fused-ring (bicyclic) bond motifs is 1. The molecule has 5 rings (SSSR count). The van der Waals surface area contributed by atoms with E-state index >= 15 is 0 Å². The molecule has 0 fully saturated rings. The summed E-state index contributed by atoms with van der Waals surface area (Å²) in [7, 11) is 1.56. The Morgan fingerprint density at radius 1 is 0.979 bits per heavy atom. The van der Waals surface area contributed by atoms with Crippen molar-refractivity contribution in [1.82, 2.24) is 15.6 Å². The molecular weight excluding hydrogens is 680 g/mol. The lowest BCUT2D eigenvalue weighted by atomic mass is 9.70. The van der Waals surface area contributed by atoms with E-state index in [1.54, 1.807) is 43.6 Å². The predicted molar refractivity (Wildman–Crippen MR) is 199 cm³/mol. The Kier molecular flexibility index (Phi) is 16.0. The van der Waals surface area contributed by atoms with Crippen LogP contribution in [0.1, 0.15) is 66.2 Å². The van der Waals surface area contributed by atoms with Crippen molar-refractivity contribution in [2.24, 2.45) is 5.73 Å². The number of amides is 3. The molecule has 1 aromatic heterocycles. The predicted octanol–water partition coefficient (Wildman–Crippen LogP) is 6.44. The van der Waals surface area contributed by atoms with Crippen LogP contribution in [0.25, 0.3) is 11.3 Å². The van der Waals surface area contributed by atoms with Gasteiger partial charge in [0.2, 0.25) is 11.8 Å². The Balaban J connectivity index is 0.00000276. The van der Waals surface area contributed by atoms with Crippen LogP contribution in [-0.4, -0.2) is 42.8 Å². The van der Waals surface area contributed by atoms with Crippen LogP contribution in [0.15, 0.2) is 84.6 Å². The Morgan fingerprint density at radius 3 is 2.38 bits per heavy atom. The largest absolute Gasteiger partial charge is 0.372 e. The summed E-state index contributed by atoms with van der Waals surface area (Å²) in [4.78, 5) is 46.4. The number of aromatic nitrogens is 1. The molecule has 2 aromatic carbocycles. The standard InChI is InChI=1S/C35H39N5O3.4ClH/c1-4-40(5-2)26-15-16-29(35(34(36)43)18-9-12-25(22-35)32(41)37-3)28(21-26)31-20-24(17-19-38-31)33(42)39-30-14-8-11-23-10-6-7-13-27(23)30;;;;/h6-7,9-10,12-13,15-21,30H,4-5,8,11,14,22H2,1-3H3,(H2,36,43)(H,37,41)(H,39,42);4*1H. The van der Waals surface area contributed by atoms with Crippen LogP contribution in [0.4, 0.5) is 5.69 Å². The molecule has 0 aliphatic heterocycles. The minimum absolute atomic E-state index is 0. The van der Waals surface area contributed by atoms with E-state index in [1.165, 1.54) is 5.56 Å². The molecule has 8 nitrogen and oxygen atoms in total. The number of aryl methyl sites for hydroxylation is 1. The van der Waals surface area contributed by atoms with Gasteiger partial charge in [-0.25, -0.2) is 0 Å². The summed E-state index contributed by atoms with van der Waals surface area (Å²) in [5, 5.41) is 5.89. The van der Waals surface area contributed by atoms with E-state index in [0.29, 0.717) is 28.0 Å². The molecule has 2 unspecified atom stereocenters. The Labute approximate surface area is 301 Å². The highest BCUT2D eigenvalue weighted by atomic mass is 35.5. The van der Waals surface area contributed by atoms with Gasteiger partial charge in [0.15, 0.2) is 0 Å². The number of nitrogens with zero attached hydrogens (tertiary/aromatic N) is 2. The molecule has 0 radical (unpaired) electrons. The number of rotatable bonds is 9. The molecule has 2 atom stereocenters. The zero-order valence-electron chi connectivity index (χ0n) is 26.7. The number of primary amides is 1. The molecule has 1 heterocycles. The van der Waals surface area contributed by atoms with Crippen molar-refractivity contribution in [3.63, 3.8) is 0 Å². The quantitative estimate of drug-likeness (QED) is 0.235. The van der Waals surface area contributed by atoms with E-state index < -0.39 is 11.3 Å². The fourth-order valence-corrected chi connectivity index (χ4v) is 6.33. The van der Waals surface area contributed by atoms with Gasteiger partial charge in [-0.05, 0) is 80.5 Å². The van der Waals surface area contributed by atoms with Crippen LogP contribution in [-0.2, 0) is 21.4 Å². The number of nitrogens with one attached hydrogen (secondary N) is 2. The van der Waals surface area contributed by atoms with Crippen LogP contribution >= 0.6 is 49.6 Å². The second-order valence-electron chi connectivity index (χ2n) is 11.1. The highest BCUT2D eigenvalue weighted by Crippen LogP contribution is 2.42. The van der Waals surface area contributed by atoms with Gasteiger partial charge in [0.25, 0.3) is 5.91 Å². The second-order valence-corrected chi connectivity index (χ2v) is 11.1. The third-order valence-electron chi connectivity index (χ3n) is 8.69. The normalized spacial score (nSPS) is 17.5. The maximum Gasteiger partial charge on any atom is 0.251 e. The molecule has 2 aliphatic carbocycles. The minimum atomic E-state index is -1.28. The molecule has 0 bridgehead atoms. The van der Waals surface area contributed by atoms with Gasteiger partial charge in [0.1, 0.15) is 0 Å². The van der Waals surface area contributed by atoms with E-state index in [-0.39, 0.29) is 73.9 Å². The third kappa shape index (κ3) is 8.49. The molecule has 4 N–H and O–H groups in total. The van der Waals surface area contributed by atoms with Crippen LogP contribution in [0.3, 0.4) is 0 Å². The zero-order chi connectivity index (χ0) is 30.6. The molecule has 254 valence electrons. The Morgan fingerprint density at radius 2 is 1.70 bits per heavy atom. The maximum absolute atomic E-state index is 13.6. The molecule has 47 heavy (non-hydrogen) atoms. The maximum atomic E-state index is 13.6. The smallest absolute Gasteiger partial charge is 0.251 e. The van der Waals surface area contributed by atoms with Crippen molar-refractivity contribution in [3.05, 3.63) is 107 Å². The average Bonchev–Trinajstić information content (AvgIpc) is 3.05. The van der Waals surface area contributed by atoms with Gasteiger partial charge in [-0.15, -0.1) is 49.6 Å². The van der Waals surface area contributed by atoms with Crippen molar-refractivity contribution in [3.8, 4) is 11.3 Å². The van der Waals surface area contributed by atoms with E-state index in [2.05, 4.69) is 46.5 Å². The SMILES string of the molecule is CCN(CC)c1ccc(C2(C(N)=O)C=CC=C(C(=O)NC)C2)c(-c2cc(C(=O)NC3CCCc4ccccc43)ccn2)c1.Cl.Cl.Cl.Cl. The molecule has 0 saturated heterocycles. The third-order valence-corrected chi connectivity index (χ3v) is 8.69. The molecule has 3 amide bonds. The molecule has 2 aliphatic rings.